The van der Waals surface area contributed by atoms with Gasteiger partial charge in [0.1, 0.15) is 6.04 Å². The fourth-order valence-corrected chi connectivity index (χ4v) is 3.54. The molecular formula is C16H23F3N2O4. The third-order valence-corrected chi connectivity index (χ3v) is 5.01. The number of halogens is 3. The molecule has 0 bridgehead atoms. The van der Waals surface area contributed by atoms with Crippen molar-refractivity contribution in [1.29, 1.82) is 0 Å². The molecule has 1 aliphatic carbocycles. The Morgan fingerprint density at radius 1 is 1.28 bits per heavy atom. The Balaban J connectivity index is 1.94. The molecule has 142 valence electrons. The van der Waals surface area contributed by atoms with E-state index < -0.39 is 36.4 Å². The zero-order valence-electron chi connectivity index (χ0n) is 14.0. The highest BCUT2D eigenvalue weighted by atomic mass is 19.4. The summed E-state index contributed by atoms with van der Waals surface area (Å²) < 4.78 is 37.2. The van der Waals surface area contributed by atoms with Crippen LogP contribution in [0.4, 0.5) is 13.2 Å². The number of nitrogens with one attached hydrogen (secondary N) is 1. The number of carbonyl (C=O) groups excluding carboxylic acids is 2. The Hall–Kier alpha value is -1.80. The Morgan fingerprint density at radius 2 is 1.88 bits per heavy atom. The van der Waals surface area contributed by atoms with Crippen LogP contribution in [0.1, 0.15) is 45.4 Å². The van der Waals surface area contributed by atoms with E-state index in [1.165, 1.54) is 0 Å². The molecule has 0 radical (unpaired) electrons. The second-order valence-corrected chi connectivity index (χ2v) is 7.08. The highest BCUT2D eigenvalue weighted by molar-refractivity contribution is 5.91. The van der Waals surface area contributed by atoms with Crippen LogP contribution in [-0.4, -0.2) is 52.6 Å². The molecule has 1 saturated heterocycles. The molecule has 6 nitrogen and oxygen atoms in total. The van der Waals surface area contributed by atoms with Crippen molar-refractivity contribution < 1.29 is 32.7 Å². The Kier molecular flexibility index (Phi) is 5.95. The van der Waals surface area contributed by atoms with E-state index in [1.807, 2.05) is 5.32 Å². The van der Waals surface area contributed by atoms with Gasteiger partial charge in [-0.3, -0.25) is 9.59 Å². The lowest BCUT2D eigenvalue weighted by Crippen LogP contribution is -2.46. The van der Waals surface area contributed by atoms with E-state index in [9.17, 15) is 27.6 Å². The van der Waals surface area contributed by atoms with Crippen molar-refractivity contribution in [3.63, 3.8) is 0 Å². The molecule has 2 rings (SSSR count). The summed E-state index contributed by atoms with van der Waals surface area (Å²) in [4.78, 5) is 36.9. The molecule has 25 heavy (non-hydrogen) atoms. The zero-order valence-corrected chi connectivity index (χ0v) is 14.0. The number of hydrogen-bond donors (Lipinski definition) is 2. The molecule has 2 amide bonds. The lowest BCUT2D eigenvalue weighted by Gasteiger charge is -2.33. The smallest absolute Gasteiger partial charge is 0.391 e. The maximum atomic E-state index is 12.4. The summed E-state index contributed by atoms with van der Waals surface area (Å²) in [6.45, 7) is 2.28. The van der Waals surface area contributed by atoms with Gasteiger partial charge in [0.15, 0.2) is 0 Å². The maximum absolute atomic E-state index is 12.4. The van der Waals surface area contributed by atoms with Crippen molar-refractivity contribution >= 4 is 17.8 Å². The van der Waals surface area contributed by atoms with Crippen LogP contribution in [0, 0.1) is 11.8 Å². The molecule has 0 aromatic heterocycles. The summed E-state index contributed by atoms with van der Waals surface area (Å²) in [6, 6.07) is -1.97. The Morgan fingerprint density at radius 3 is 2.40 bits per heavy atom. The molecule has 1 heterocycles. The summed E-state index contributed by atoms with van der Waals surface area (Å²) in [5, 5.41) is 10.8. The number of amides is 2. The molecule has 0 spiro atoms. The van der Waals surface area contributed by atoms with Crippen LogP contribution in [0.25, 0.3) is 0 Å². The van der Waals surface area contributed by atoms with Gasteiger partial charge in [-0.05, 0) is 31.6 Å². The number of nitrogens with zero attached hydrogens (tertiary/aromatic N) is 1. The average Bonchev–Trinajstić information content (AvgIpc) is 2.88. The van der Waals surface area contributed by atoms with Gasteiger partial charge in [-0.1, -0.05) is 6.92 Å². The molecule has 1 aliphatic heterocycles. The molecular weight excluding hydrogens is 341 g/mol. The summed E-state index contributed by atoms with van der Waals surface area (Å²) in [5.74, 6) is -2.94. The first-order valence-corrected chi connectivity index (χ1v) is 8.46. The summed E-state index contributed by atoms with van der Waals surface area (Å²) in [7, 11) is 0. The number of alkyl halides is 3. The van der Waals surface area contributed by atoms with E-state index in [2.05, 4.69) is 6.92 Å². The molecule has 2 N–H and O–H groups in total. The first kappa shape index (κ1) is 19.5. The SMILES string of the molecule is CC1CCC(N2CC(C(=O)NC(CC(F)(F)F)C(=O)O)CC2=O)CC1. The van der Waals surface area contributed by atoms with Gasteiger partial charge >= 0.3 is 12.1 Å². The van der Waals surface area contributed by atoms with Gasteiger partial charge in [0.05, 0.1) is 12.3 Å². The molecule has 2 atom stereocenters. The minimum absolute atomic E-state index is 0.0620. The molecule has 1 saturated carbocycles. The fraction of sp³-hybridized carbons (Fsp3) is 0.812. The molecule has 2 aliphatic rings. The minimum Gasteiger partial charge on any atom is -0.480 e. The van der Waals surface area contributed by atoms with Gasteiger partial charge in [-0.15, -0.1) is 0 Å². The van der Waals surface area contributed by atoms with E-state index in [0.717, 1.165) is 25.7 Å². The summed E-state index contributed by atoms with van der Waals surface area (Å²) in [6.07, 6.45) is -2.72. The Bertz CT molecular complexity index is 530. The van der Waals surface area contributed by atoms with Gasteiger partial charge in [-0.2, -0.15) is 13.2 Å². The second kappa shape index (κ2) is 7.61. The first-order valence-electron chi connectivity index (χ1n) is 8.46. The van der Waals surface area contributed by atoms with Gasteiger partial charge in [0.2, 0.25) is 11.8 Å². The minimum atomic E-state index is -4.70. The van der Waals surface area contributed by atoms with Crippen molar-refractivity contribution in [2.45, 2.75) is 63.7 Å². The van der Waals surface area contributed by atoms with Crippen LogP contribution < -0.4 is 5.32 Å². The van der Waals surface area contributed by atoms with Crippen molar-refractivity contribution in [3.8, 4) is 0 Å². The normalized spacial score (nSPS) is 28.7. The van der Waals surface area contributed by atoms with Crippen LogP contribution in [0.3, 0.4) is 0 Å². The number of carboxylic acids is 1. The van der Waals surface area contributed by atoms with Crippen molar-refractivity contribution in [1.82, 2.24) is 10.2 Å². The lowest BCUT2D eigenvalue weighted by molar-refractivity contribution is -0.160. The number of aliphatic carboxylic acids is 1. The van der Waals surface area contributed by atoms with Crippen LogP contribution in [0.15, 0.2) is 0 Å². The average molecular weight is 364 g/mol. The van der Waals surface area contributed by atoms with E-state index in [4.69, 9.17) is 5.11 Å². The largest absolute Gasteiger partial charge is 0.480 e. The lowest BCUT2D eigenvalue weighted by atomic mass is 9.87. The highest BCUT2D eigenvalue weighted by Crippen LogP contribution is 2.31. The second-order valence-electron chi connectivity index (χ2n) is 7.08. The molecule has 0 aromatic rings. The van der Waals surface area contributed by atoms with E-state index >= 15 is 0 Å². The van der Waals surface area contributed by atoms with Crippen LogP contribution in [-0.2, 0) is 14.4 Å². The van der Waals surface area contributed by atoms with Crippen molar-refractivity contribution in [2.24, 2.45) is 11.8 Å². The third kappa shape index (κ3) is 5.34. The molecule has 9 heteroatoms. The van der Waals surface area contributed by atoms with Crippen molar-refractivity contribution in [3.05, 3.63) is 0 Å². The monoisotopic (exact) mass is 364 g/mol. The van der Waals surface area contributed by atoms with Crippen LogP contribution in [0.5, 0.6) is 0 Å². The number of carboxylic acid groups (broad SMARTS) is 1. The summed E-state index contributed by atoms with van der Waals surface area (Å²) in [5.41, 5.74) is 0. The van der Waals surface area contributed by atoms with Gasteiger partial charge in [-0.25, -0.2) is 4.79 Å². The van der Waals surface area contributed by atoms with Gasteiger partial charge in [0.25, 0.3) is 0 Å². The number of hydrogen-bond acceptors (Lipinski definition) is 3. The maximum Gasteiger partial charge on any atom is 0.391 e. The topological polar surface area (TPSA) is 86.7 Å². The summed E-state index contributed by atoms with van der Waals surface area (Å²) >= 11 is 0. The Labute approximate surface area is 143 Å². The van der Waals surface area contributed by atoms with Crippen LogP contribution >= 0.6 is 0 Å². The molecule has 2 fully saturated rings. The third-order valence-electron chi connectivity index (χ3n) is 5.01. The first-order chi connectivity index (χ1) is 11.6. The predicted octanol–water partition coefficient (Wildman–Crippen LogP) is 1.94. The van der Waals surface area contributed by atoms with Crippen molar-refractivity contribution in [2.75, 3.05) is 6.54 Å². The highest BCUT2D eigenvalue weighted by Gasteiger charge is 2.41. The van der Waals surface area contributed by atoms with E-state index in [-0.39, 0.29) is 24.9 Å². The zero-order chi connectivity index (χ0) is 18.8. The quantitative estimate of drug-likeness (QED) is 0.781. The predicted molar refractivity (Wildman–Crippen MR) is 81.5 cm³/mol. The van der Waals surface area contributed by atoms with Gasteiger partial charge in [0, 0.05) is 19.0 Å². The standard InChI is InChI=1S/C16H23F3N2O4/c1-9-2-4-11(5-3-9)21-8-10(6-13(21)22)14(23)20-12(15(24)25)7-16(17,18)19/h9-12H,2-8H2,1H3,(H,20,23)(H,24,25). The molecule has 0 aromatic carbocycles. The van der Waals surface area contributed by atoms with E-state index in [1.54, 1.807) is 4.90 Å². The van der Waals surface area contributed by atoms with Gasteiger partial charge < -0.3 is 15.3 Å². The van der Waals surface area contributed by atoms with Crippen LogP contribution in [0.2, 0.25) is 0 Å². The van der Waals surface area contributed by atoms with E-state index in [0.29, 0.717) is 5.92 Å². The fourth-order valence-electron chi connectivity index (χ4n) is 3.54. The number of carbonyl (C=O) groups is 3. The molecule has 2 unspecified atom stereocenters. The number of rotatable bonds is 5. The number of likely N-dealkylation sites (tertiary alicyclic amines) is 1.